The smallest absolute Gasteiger partial charge is 0.345 e. The summed E-state index contributed by atoms with van der Waals surface area (Å²) in [5.41, 5.74) is 0. The Bertz CT molecular complexity index is 395. The molecule has 0 bridgehead atoms. The van der Waals surface area contributed by atoms with Crippen LogP contribution in [0.3, 0.4) is 0 Å². The minimum atomic E-state index is -4.53. The highest BCUT2D eigenvalue weighted by molar-refractivity contribution is 6.06. The minimum Gasteiger partial charge on any atom is -0.345 e. The summed E-state index contributed by atoms with van der Waals surface area (Å²) >= 11 is 0. The van der Waals surface area contributed by atoms with Crippen molar-refractivity contribution in [2.45, 2.75) is 26.1 Å². The molecule has 1 rings (SSSR count). The molecule has 1 saturated heterocycles. The van der Waals surface area contributed by atoms with Gasteiger partial charge in [0.05, 0.1) is 0 Å². The number of nitrogens with zero attached hydrogens (tertiary/aromatic N) is 1. The summed E-state index contributed by atoms with van der Waals surface area (Å²) < 4.78 is 35.6. The summed E-state index contributed by atoms with van der Waals surface area (Å²) in [4.78, 5) is 35.0. The van der Waals surface area contributed by atoms with Gasteiger partial charge in [-0.1, -0.05) is 13.8 Å². The molecule has 2 N–H and O–H groups in total. The Morgan fingerprint density at radius 3 is 2.42 bits per heavy atom. The van der Waals surface area contributed by atoms with E-state index in [0.29, 0.717) is 4.90 Å². The summed E-state index contributed by atoms with van der Waals surface area (Å²) in [6.07, 6.45) is -4.53. The van der Waals surface area contributed by atoms with Crippen molar-refractivity contribution in [3.63, 3.8) is 0 Å². The largest absolute Gasteiger partial charge is 0.405 e. The van der Waals surface area contributed by atoms with Crippen molar-refractivity contribution in [3.05, 3.63) is 0 Å². The van der Waals surface area contributed by atoms with Crippen molar-refractivity contribution in [2.24, 2.45) is 5.92 Å². The maximum Gasteiger partial charge on any atom is 0.405 e. The second kappa shape index (κ2) is 5.45. The van der Waals surface area contributed by atoms with Crippen molar-refractivity contribution >= 4 is 17.8 Å². The molecule has 9 heteroatoms. The van der Waals surface area contributed by atoms with E-state index in [-0.39, 0.29) is 5.92 Å². The van der Waals surface area contributed by atoms with Crippen LogP contribution in [0.25, 0.3) is 0 Å². The normalized spacial score (nSPS) is 19.9. The van der Waals surface area contributed by atoms with E-state index in [9.17, 15) is 27.6 Å². The fourth-order valence-electron chi connectivity index (χ4n) is 1.54. The Balaban J connectivity index is 2.55. The number of amides is 4. The summed E-state index contributed by atoms with van der Waals surface area (Å²) in [5, 5.41) is 3.96. The molecule has 1 heterocycles. The van der Waals surface area contributed by atoms with E-state index in [4.69, 9.17) is 0 Å². The minimum absolute atomic E-state index is 0.167. The van der Waals surface area contributed by atoms with Crippen LogP contribution in [-0.4, -0.2) is 48.1 Å². The molecular weight excluding hydrogens is 267 g/mol. The van der Waals surface area contributed by atoms with Gasteiger partial charge in [-0.3, -0.25) is 14.5 Å². The van der Waals surface area contributed by atoms with Crippen molar-refractivity contribution < 1.29 is 27.6 Å². The summed E-state index contributed by atoms with van der Waals surface area (Å²) in [5.74, 6) is -1.81. The summed E-state index contributed by atoms with van der Waals surface area (Å²) in [6.45, 7) is 1.19. The molecule has 4 amide bonds. The van der Waals surface area contributed by atoms with E-state index in [0.717, 1.165) is 0 Å². The number of imide groups is 1. The van der Waals surface area contributed by atoms with Gasteiger partial charge in [0, 0.05) is 0 Å². The lowest BCUT2D eigenvalue weighted by Crippen LogP contribution is -2.43. The highest BCUT2D eigenvalue weighted by atomic mass is 19.4. The van der Waals surface area contributed by atoms with E-state index in [1.54, 1.807) is 19.2 Å². The number of carbonyl (C=O) groups is 3. The van der Waals surface area contributed by atoms with E-state index in [1.165, 1.54) is 0 Å². The monoisotopic (exact) mass is 281 g/mol. The van der Waals surface area contributed by atoms with Gasteiger partial charge in [0.25, 0.3) is 5.91 Å². The first-order valence-electron chi connectivity index (χ1n) is 5.57. The van der Waals surface area contributed by atoms with Crippen LogP contribution in [0.2, 0.25) is 0 Å². The topological polar surface area (TPSA) is 78.5 Å². The quantitative estimate of drug-likeness (QED) is 0.725. The first-order chi connectivity index (χ1) is 8.61. The molecule has 0 aromatic heterocycles. The van der Waals surface area contributed by atoms with E-state index >= 15 is 0 Å². The average molecular weight is 281 g/mol. The molecule has 0 aliphatic carbocycles. The first kappa shape index (κ1) is 15.3. The van der Waals surface area contributed by atoms with Gasteiger partial charge in [-0.2, -0.15) is 13.2 Å². The summed E-state index contributed by atoms with van der Waals surface area (Å²) in [7, 11) is 0. The van der Waals surface area contributed by atoms with Crippen LogP contribution in [0, 0.1) is 5.92 Å². The van der Waals surface area contributed by atoms with Gasteiger partial charge in [-0.05, 0) is 5.92 Å². The van der Waals surface area contributed by atoms with Crippen molar-refractivity contribution in [1.82, 2.24) is 15.5 Å². The van der Waals surface area contributed by atoms with Crippen molar-refractivity contribution in [2.75, 3.05) is 13.1 Å². The van der Waals surface area contributed by atoms with Crippen LogP contribution >= 0.6 is 0 Å². The first-order valence-corrected chi connectivity index (χ1v) is 5.57. The lowest BCUT2D eigenvalue weighted by atomic mass is 10.1. The summed E-state index contributed by atoms with van der Waals surface area (Å²) in [6, 6.07) is -1.52. The highest BCUT2D eigenvalue weighted by Crippen LogP contribution is 2.14. The van der Waals surface area contributed by atoms with Crippen LogP contribution in [0.5, 0.6) is 0 Å². The molecule has 6 nitrogen and oxygen atoms in total. The third kappa shape index (κ3) is 4.11. The van der Waals surface area contributed by atoms with Gasteiger partial charge in [0.2, 0.25) is 5.91 Å². The van der Waals surface area contributed by atoms with Gasteiger partial charge in [-0.15, -0.1) is 0 Å². The maximum atomic E-state index is 11.9. The standard InChI is InChI=1S/C10H14F3N3O3/c1-5(2)7-8(18)16(9(19)15-7)3-6(17)14-4-10(11,12)13/h5,7H,3-4H2,1-2H3,(H,14,17)(H,15,19). The molecule has 0 saturated carbocycles. The van der Waals surface area contributed by atoms with Crippen LogP contribution in [0.4, 0.5) is 18.0 Å². The molecule has 19 heavy (non-hydrogen) atoms. The van der Waals surface area contributed by atoms with Crippen LogP contribution in [0.1, 0.15) is 13.8 Å². The van der Waals surface area contributed by atoms with E-state index in [2.05, 4.69) is 5.32 Å². The third-order valence-corrected chi connectivity index (χ3v) is 2.51. The number of nitrogens with one attached hydrogen (secondary N) is 2. The SMILES string of the molecule is CC(C)C1NC(=O)N(CC(=O)NCC(F)(F)F)C1=O. The van der Waals surface area contributed by atoms with E-state index in [1.807, 2.05) is 0 Å². The number of rotatable bonds is 4. The predicted octanol–water partition coefficient (Wildman–Crippen LogP) is 0.241. The molecule has 0 radical (unpaired) electrons. The zero-order valence-electron chi connectivity index (χ0n) is 10.4. The fourth-order valence-corrected chi connectivity index (χ4v) is 1.54. The van der Waals surface area contributed by atoms with Gasteiger partial charge >= 0.3 is 12.2 Å². The Hall–Kier alpha value is -1.80. The lowest BCUT2D eigenvalue weighted by Gasteiger charge is -2.14. The number of alkyl halides is 3. The molecule has 1 aliphatic rings. The van der Waals surface area contributed by atoms with E-state index < -0.39 is 43.2 Å². The number of hydrogen-bond donors (Lipinski definition) is 2. The Labute approximate surface area is 107 Å². The van der Waals surface area contributed by atoms with Crippen LogP contribution in [-0.2, 0) is 9.59 Å². The second-order valence-electron chi connectivity index (χ2n) is 4.49. The zero-order valence-corrected chi connectivity index (χ0v) is 10.4. The van der Waals surface area contributed by atoms with Crippen molar-refractivity contribution in [1.29, 1.82) is 0 Å². The predicted molar refractivity (Wildman–Crippen MR) is 57.9 cm³/mol. The molecule has 0 aromatic carbocycles. The second-order valence-corrected chi connectivity index (χ2v) is 4.49. The molecule has 0 aromatic rings. The number of hydrogen-bond acceptors (Lipinski definition) is 3. The molecule has 1 unspecified atom stereocenters. The molecule has 108 valence electrons. The molecule has 1 fully saturated rings. The molecule has 1 aliphatic heterocycles. The lowest BCUT2D eigenvalue weighted by molar-refractivity contribution is -0.140. The number of carbonyl (C=O) groups excluding carboxylic acids is 3. The Kier molecular flexibility index (Phi) is 4.38. The van der Waals surface area contributed by atoms with Gasteiger partial charge in [-0.25, -0.2) is 4.79 Å². The number of urea groups is 1. The van der Waals surface area contributed by atoms with Gasteiger partial charge in [0.15, 0.2) is 0 Å². The van der Waals surface area contributed by atoms with Crippen molar-refractivity contribution in [3.8, 4) is 0 Å². The Morgan fingerprint density at radius 1 is 1.42 bits per heavy atom. The number of halogens is 3. The maximum absolute atomic E-state index is 11.9. The van der Waals surface area contributed by atoms with Crippen LogP contribution in [0.15, 0.2) is 0 Å². The molecular formula is C10H14F3N3O3. The van der Waals surface area contributed by atoms with Gasteiger partial charge < -0.3 is 10.6 Å². The molecule has 0 spiro atoms. The average Bonchev–Trinajstić information content (AvgIpc) is 2.53. The van der Waals surface area contributed by atoms with Gasteiger partial charge in [0.1, 0.15) is 19.1 Å². The highest BCUT2D eigenvalue weighted by Gasteiger charge is 2.40. The molecule has 1 atom stereocenters. The van der Waals surface area contributed by atoms with Crippen LogP contribution < -0.4 is 10.6 Å². The third-order valence-electron chi connectivity index (χ3n) is 2.51. The fraction of sp³-hybridized carbons (Fsp3) is 0.700. The Morgan fingerprint density at radius 2 is 2.00 bits per heavy atom. The zero-order chi connectivity index (χ0) is 14.8.